The summed E-state index contributed by atoms with van der Waals surface area (Å²) in [5.74, 6) is 1.20. The molecule has 1 N–H and O–H groups in total. The number of nitrogens with zero attached hydrogens (tertiary/aromatic N) is 1. The number of hydrogen-bond acceptors (Lipinski definition) is 4. The Morgan fingerprint density at radius 2 is 2.05 bits per heavy atom. The average Bonchev–Trinajstić information content (AvgIpc) is 2.45. The highest BCUT2D eigenvalue weighted by atomic mass is 32.2. The zero-order chi connectivity index (χ0) is 15.0. The molecule has 116 valence electrons. The summed E-state index contributed by atoms with van der Waals surface area (Å²) in [6.07, 6.45) is 4.13. The maximum atomic E-state index is 12.1. The molecule has 0 unspecified atom stereocenters. The van der Waals surface area contributed by atoms with Crippen molar-refractivity contribution in [3.05, 3.63) is 0 Å². The van der Waals surface area contributed by atoms with Gasteiger partial charge in [0.25, 0.3) is 0 Å². The summed E-state index contributed by atoms with van der Waals surface area (Å²) in [5, 5.41) is 2.96. The van der Waals surface area contributed by atoms with Gasteiger partial charge in [-0.1, -0.05) is 0 Å². The molecule has 1 aliphatic rings. The Morgan fingerprint density at radius 3 is 2.60 bits per heavy atom. The Labute approximate surface area is 125 Å². The molecule has 1 fully saturated rings. The van der Waals surface area contributed by atoms with Gasteiger partial charge >= 0.3 is 0 Å². The van der Waals surface area contributed by atoms with E-state index in [-0.39, 0.29) is 23.8 Å². The van der Waals surface area contributed by atoms with Gasteiger partial charge in [0.1, 0.15) is 0 Å². The molecule has 0 aromatic heterocycles. The highest BCUT2D eigenvalue weighted by Crippen LogP contribution is 2.18. The van der Waals surface area contributed by atoms with Crippen LogP contribution in [0.25, 0.3) is 0 Å². The number of piperidine rings is 1. The summed E-state index contributed by atoms with van der Waals surface area (Å²) in [7, 11) is 1.63. The molecule has 20 heavy (non-hydrogen) atoms. The molecular formula is C14H26N2O3S. The largest absolute Gasteiger partial charge is 0.383 e. The minimum atomic E-state index is 0.0268. The van der Waals surface area contributed by atoms with Crippen LogP contribution in [0, 0.1) is 5.92 Å². The molecule has 0 bridgehead atoms. The van der Waals surface area contributed by atoms with E-state index in [1.54, 1.807) is 18.9 Å². The summed E-state index contributed by atoms with van der Waals surface area (Å²) in [5.41, 5.74) is 0. The molecule has 0 radical (unpaired) electrons. The van der Waals surface area contributed by atoms with Crippen LogP contribution in [0.15, 0.2) is 0 Å². The van der Waals surface area contributed by atoms with Gasteiger partial charge in [0.05, 0.1) is 6.61 Å². The van der Waals surface area contributed by atoms with Gasteiger partial charge in [-0.25, -0.2) is 0 Å². The van der Waals surface area contributed by atoms with Crippen molar-refractivity contribution in [3.8, 4) is 0 Å². The first kappa shape index (κ1) is 17.3. The van der Waals surface area contributed by atoms with Crippen molar-refractivity contribution in [1.29, 1.82) is 0 Å². The molecule has 1 saturated heterocycles. The third-order valence-electron chi connectivity index (χ3n) is 3.54. The van der Waals surface area contributed by atoms with Crippen LogP contribution >= 0.6 is 11.8 Å². The van der Waals surface area contributed by atoms with Gasteiger partial charge in [-0.3, -0.25) is 9.59 Å². The van der Waals surface area contributed by atoms with Gasteiger partial charge in [-0.15, -0.1) is 0 Å². The van der Waals surface area contributed by atoms with E-state index < -0.39 is 0 Å². The van der Waals surface area contributed by atoms with Gasteiger partial charge in [0, 0.05) is 44.3 Å². The fourth-order valence-electron chi connectivity index (χ4n) is 2.39. The van der Waals surface area contributed by atoms with E-state index in [2.05, 4.69) is 5.32 Å². The lowest BCUT2D eigenvalue weighted by Gasteiger charge is -2.32. The summed E-state index contributed by atoms with van der Waals surface area (Å²) >= 11 is 1.69. The van der Waals surface area contributed by atoms with Gasteiger partial charge in [0.15, 0.2) is 0 Å². The molecule has 1 atom stereocenters. The molecular weight excluding hydrogens is 276 g/mol. The summed E-state index contributed by atoms with van der Waals surface area (Å²) in [6.45, 7) is 3.86. The number of likely N-dealkylation sites (tertiary alicyclic amines) is 1. The maximum absolute atomic E-state index is 12.1. The van der Waals surface area contributed by atoms with Crippen molar-refractivity contribution in [2.75, 3.05) is 38.8 Å². The van der Waals surface area contributed by atoms with E-state index in [0.29, 0.717) is 26.1 Å². The second-order valence-electron chi connectivity index (χ2n) is 5.26. The second kappa shape index (κ2) is 9.23. The van der Waals surface area contributed by atoms with Crippen LogP contribution in [0.1, 0.15) is 26.2 Å². The Balaban J connectivity index is 2.30. The maximum Gasteiger partial charge on any atom is 0.223 e. The second-order valence-corrected chi connectivity index (χ2v) is 6.25. The number of amides is 2. The van der Waals surface area contributed by atoms with Gasteiger partial charge in [0.2, 0.25) is 11.8 Å². The van der Waals surface area contributed by atoms with Crippen molar-refractivity contribution < 1.29 is 14.3 Å². The molecule has 1 heterocycles. The van der Waals surface area contributed by atoms with Crippen LogP contribution in [-0.2, 0) is 14.3 Å². The highest BCUT2D eigenvalue weighted by Gasteiger charge is 2.27. The molecule has 1 rings (SSSR count). The number of ether oxygens (including phenoxy) is 1. The van der Waals surface area contributed by atoms with Crippen LogP contribution in [0.2, 0.25) is 0 Å². The van der Waals surface area contributed by atoms with Crippen molar-refractivity contribution >= 4 is 23.6 Å². The van der Waals surface area contributed by atoms with Crippen molar-refractivity contribution in [2.24, 2.45) is 5.92 Å². The minimum absolute atomic E-state index is 0.0268. The van der Waals surface area contributed by atoms with Crippen LogP contribution in [-0.4, -0.2) is 61.6 Å². The summed E-state index contributed by atoms with van der Waals surface area (Å²) < 4.78 is 5.01. The molecule has 1 aliphatic heterocycles. The standard InChI is InChI=1S/C14H26N2O3S/c1-11(10-19-2)15-14(18)12-4-7-16(8-5-12)13(17)6-9-20-3/h11-12H,4-10H2,1-3H3,(H,15,18)/t11-/m0/s1. The third-order valence-corrected chi connectivity index (χ3v) is 4.16. The lowest BCUT2D eigenvalue weighted by atomic mass is 9.95. The first-order chi connectivity index (χ1) is 9.58. The lowest BCUT2D eigenvalue weighted by molar-refractivity contribution is -0.135. The van der Waals surface area contributed by atoms with Crippen molar-refractivity contribution in [2.45, 2.75) is 32.2 Å². The fraction of sp³-hybridized carbons (Fsp3) is 0.857. The molecule has 5 nitrogen and oxygen atoms in total. The number of rotatable bonds is 7. The third kappa shape index (κ3) is 5.71. The number of carbonyl (C=O) groups excluding carboxylic acids is 2. The van der Waals surface area contributed by atoms with Gasteiger partial charge in [-0.05, 0) is 26.0 Å². The summed E-state index contributed by atoms with van der Waals surface area (Å²) in [6, 6.07) is 0.0359. The average molecular weight is 302 g/mol. The number of hydrogen-bond donors (Lipinski definition) is 1. The minimum Gasteiger partial charge on any atom is -0.383 e. The zero-order valence-electron chi connectivity index (χ0n) is 12.7. The molecule has 2 amide bonds. The monoisotopic (exact) mass is 302 g/mol. The molecule has 0 saturated carbocycles. The highest BCUT2D eigenvalue weighted by molar-refractivity contribution is 7.98. The predicted octanol–water partition coefficient (Wildman–Crippen LogP) is 1.13. The molecule has 0 aliphatic carbocycles. The van der Waals surface area contributed by atoms with Crippen LogP contribution < -0.4 is 5.32 Å². The fourth-order valence-corrected chi connectivity index (χ4v) is 2.77. The molecule has 0 spiro atoms. The Morgan fingerprint density at radius 1 is 1.40 bits per heavy atom. The van der Waals surface area contributed by atoms with Gasteiger partial charge < -0.3 is 15.0 Å². The topological polar surface area (TPSA) is 58.6 Å². The van der Waals surface area contributed by atoms with E-state index in [1.165, 1.54) is 0 Å². The smallest absolute Gasteiger partial charge is 0.223 e. The quantitative estimate of drug-likeness (QED) is 0.766. The molecule has 6 heteroatoms. The molecule has 0 aromatic rings. The normalized spacial score (nSPS) is 17.9. The SMILES string of the molecule is COC[C@H](C)NC(=O)C1CCN(C(=O)CCSC)CC1. The number of thioether (sulfide) groups is 1. The van der Waals surface area contributed by atoms with Crippen molar-refractivity contribution in [3.63, 3.8) is 0 Å². The van der Waals surface area contributed by atoms with Crippen LogP contribution in [0.5, 0.6) is 0 Å². The van der Waals surface area contributed by atoms with Gasteiger partial charge in [-0.2, -0.15) is 11.8 Å². The van der Waals surface area contributed by atoms with E-state index in [9.17, 15) is 9.59 Å². The number of methoxy groups -OCH3 is 1. The van der Waals surface area contributed by atoms with E-state index in [0.717, 1.165) is 18.6 Å². The lowest BCUT2D eigenvalue weighted by Crippen LogP contribution is -2.45. The zero-order valence-corrected chi connectivity index (χ0v) is 13.5. The summed E-state index contributed by atoms with van der Waals surface area (Å²) in [4.78, 5) is 25.8. The Hall–Kier alpha value is -0.750. The Bertz CT molecular complexity index is 318. The molecule has 0 aromatic carbocycles. The first-order valence-electron chi connectivity index (χ1n) is 7.14. The van der Waals surface area contributed by atoms with E-state index in [1.807, 2.05) is 18.1 Å². The van der Waals surface area contributed by atoms with Crippen LogP contribution in [0.3, 0.4) is 0 Å². The number of nitrogens with one attached hydrogen (secondary N) is 1. The first-order valence-corrected chi connectivity index (χ1v) is 8.54. The van der Waals surface area contributed by atoms with E-state index >= 15 is 0 Å². The van der Waals surface area contributed by atoms with E-state index in [4.69, 9.17) is 4.74 Å². The van der Waals surface area contributed by atoms with Crippen LogP contribution in [0.4, 0.5) is 0 Å². The Kier molecular flexibility index (Phi) is 7.99. The predicted molar refractivity (Wildman–Crippen MR) is 81.8 cm³/mol. The number of carbonyl (C=O) groups is 2. The van der Waals surface area contributed by atoms with Crippen molar-refractivity contribution in [1.82, 2.24) is 10.2 Å².